The van der Waals surface area contributed by atoms with Gasteiger partial charge in [0.05, 0.1) is 12.0 Å². The molecule has 0 aliphatic carbocycles. The zero-order valence-electron chi connectivity index (χ0n) is 11.2. The smallest absolute Gasteiger partial charge is 0.226 e. The van der Waals surface area contributed by atoms with Crippen LogP contribution in [0.4, 0.5) is 11.4 Å². The van der Waals surface area contributed by atoms with Crippen LogP contribution in [0.2, 0.25) is 0 Å². The van der Waals surface area contributed by atoms with E-state index in [-0.39, 0.29) is 5.91 Å². The molecule has 1 heterocycles. The maximum Gasteiger partial charge on any atom is 0.226 e. The summed E-state index contributed by atoms with van der Waals surface area (Å²) in [6, 6.07) is 7.16. The van der Waals surface area contributed by atoms with Gasteiger partial charge in [0.2, 0.25) is 5.91 Å². The number of aromatic nitrogens is 2. The number of aryl methyl sites for hydroxylation is 2. The molecular weight excluding hydrogens is 240 g/mol. The van der Waals surface area contributed by atoms with E-state index in [1.165, 1.54) is 0 Å². The van der Waals surface area contributed by atoms with E-state index in [1.807, 2.05) is 30.5 Å². The fraction of sp³-hybridized carbons (Fsp3) is 0.286. The SMILES string of the molecule is Cc1ncn(CCC(=O)Nc2cccc(N)c2)c1C. The van der Waals surface area contributed by atoms with Gasteiger partial charge in [0, 0.05) is 30.0 Å². The van der Waals surface area contributed by atoms with E-state index in [0.717, 1.165) is 17.1 Å². The van der Waals surface area contributed by atoms with Crippen LogP contribution in [0, 0.1) is 13.8 Å². The van der Waals surface area contributed by atoms with Crippen LogP contribution in [0.3, 0.4) is 0 Å². The number of nitrogens with one attached hydrogen (secondary N) is 1. The van der Waals surface area contributed by atoms with Crippen molar-refractivity contribution in [3.63, 3.8) is 0 Å². The quantitative estimate of drug-likeness (QED) is 0.825. The van der Waals surface area contributed by atoms with Gasteiger partial charge in [0.15, 0.2) is 0 Å². The number of rotatable bonds is 4. The van der Waals surface area contributed by atoms with E-state index in [1.54, 1.807) is 18.5 Å². The van der Waals surface area contributed by atoms with Crippen molar-refractivity contribution in [2.45, 2.75) is 26.8 Å². The first kappa shape index (κ1) is 13.1. The molecule has 0 saturated heterocycles. The number of imidazole rings is 1. The van der Waals surface area contributed by atoms with Crippen LogP contribution in [0.15, 0.2) is 30.6 Å². The first-order valence-electron chi connectivity index (χ1n) is 6.20. The predicted octanol–water partition coefficient (Wildman–Crippen LogP) is 2.11. The molecule has 0 saturated carbocycles. The van der Waals surface area contributed by atoms with Gasteiger partial charge in [0.25, 0.3) is 0 Å². The molecule has 0 atom stereocenters. The highest BCUT2D eigenvalue weighted by atomic mass is 16.1. The Hall–Kier alpha value is -2.30. The van der Waals surface area contributed by atoms with E-state index in [0.29, 0.717) is 18.7 Å². The predicted molar refractivity (Wildman–Crippen MR) is 75.8 cm³/mol. The van der Waals surface area contributed by atoms with Gasteiger partial charge < -0.3 is 15.6 Å². The summed E-state index contributed by atoms with van der Waals surface area (Å²) in [5, 5.41) is 2.83. The van der Waals surface area contributed by atoms with Crippen molar-refractivity contribution in [3.8, 4) is 0 Å². The molecule has 0 unspecified atom stereocenters. The molecule has 3 N–H and O–H groups in total. The summed E-state index contributed by atoms with van der Waals surface area (Å²) in [4.78, 5) is 16.0. The van der Waals surface area contributed by atoms with Crippen LogP contribution in [-0.4, -0.2) is 15.5 Å². The highest BCUT2D eigenvalue weighted by Gasteiger charge is 2.06. The average molecular weight is 258 g/mol. The molecule has 2 aromatic rings. The number of carbonyl (C=O) groups excluding carboxylic acids is 1. The average Bonchev–Trinajstić information content (AvgIpc) is 2.68. The van der Waals surface area contributed by atoms with Crippen LogP contribution >= 0.6 is 0 Å². The third-order valence-electron chi connectivity index (χ3n) is 3.10. The van der Waals surface area contributed by atoms with Crippen molar-refractivity contribution < 1.29 is 4.79 Å². The van der Waals surface area contributed by atoms with Crippen molar-refractivity contribution in [3.05, 3.63) is 42.0 Å². The minimum atomic E-state index is -0.0312. The molecule has 2 rings (SSSR count). The number of nitrogens with two attached hydrogens (primary N) is 1. The number of hydrogen-bond acceptors (Lipinski definition) is 3. The van der Waals surface area contributed by atoms with Crippen molar-refractivity contribution in [1.29, 1.82) is 0 Å². The van der Waals surface area contributed by atoms with Crippen molar-refractivity contribution in [2.24, 2.45) is 0 Å². The Bertz CT molecular complexity index is 589. The van der Waals surface area contributed by atoms with Crippen molar-refractivity contribution in [1.82, 2.24) is 9.55 Å². The topological polar surface area (TPSA) is 72.9 Å². The van der Waals surface area contributed by atoms with E-state index in [9.17, 15) is 4.79 Å². The van der Waals surface area contributed by atoms with Crippen molar-refractivity contribution >= 4 is 17.3 Å². The second kappa shape index (κ2) is 5.56. The Balaban J connectivity index is 1.90. The molecule has 0 radical (unpaired) electrons. The minimum absolute atomic E-state index is 0.0312. The normalized spacial score (nSPS) is 10.4. The summed E-state index contributed by atoms with van der Waals surface area (Å²) in [7, 11) is 0. The minimum Gasteiger partial charge on any atom is -0.399 e. The number of anilines is 2. The molecule has 100 valence electrons. The molecule has 5 heteroatoms. The van der Waals surface area contributed by atoms with Gasteiger partial charge >= 0.3 is 0 Å². The lowest BCUT2D eigenvalue weighted by Crippen LogP contribution is -2.14. The van der Waals surface area contributed by atoms with E-state index in [2.05, 4.69) is 10.3 Å². The first-order valence-corrected chi connectivity index (χ1v) is 6.20. The van der Waals surface area contributed by atoms with Gasteiger partial charge in [-0.3, -0.25) is 4.79 Å². The Morgan fingerprint density at radius 1 is 1.42 bits per heavy atom. The van der Waals surface area contributed by atoms with Crippen LogP contribution in [0.5, 0.6) is 0 Å². The maximum absolute atomic E-state index is 11.8. The molecule has 1 aromatic heterocycles. The van der Waals surface area contributed by atoms with Gasteiger partial charge in [-0.25, -0.2) is 4.98 Å². The number of nitrogens with zero attached hydrogens (tertiary/aromatic N) is 2. The van der Waals surface area contributed by atoms with Gasteiger partial charge in [0.1, 0.15) is 0 Å². The lowest BCUT2D eigenvalue weighted by molar-refractivity contribution is -0.116. The van der Waals surface area contributed by atoms with Crippen molar-refractivity contribution in [2.75, 3.05) is 11.1 Å². The van der Waals surface area contributed by atoms with E-state index in [4.69, 9.17) is 5.73 Å². The molecule has 19 heavy (non-hydrogen) atoms. The molecular formula is C14H18N4O. The molecule has 5 nitrogen and oxygen atoms in total. The third-order valence-corrected chi connectivity index (χ3v) is 3.10. The largest absolute Gasteiger partial charge is 0.399 e. The standard InChI is InChI=1S/C14H18N4O/c1-10-11(2)18(9-16-10)7-6-14(19)17-13-5-3-4-12(15)8-13/h3-5,8-9H,6-7,15H2,1-2H3,(H,17,19). The van der Waals surface area contributed by atoms with Gasteiger partial charge in [-0.2, -0.15) is 0 Å². The Kier molecular flexibility index (Phi) is 3.85. The van der Waals surface area contributed by atoms with Crippen LogP contribution in [0.25, 0.3) is 0 Å². The molecule has 1 aromatic carbocycles. The summed E-state index contributed by atoms with van der Waals surface area (Å²) < 4.78 is 1.98. The second-order valence-corrected chi connectivity index (χ2v) is 4.53. The van der Waals surface area contributed by atoms with Gasteiger partial charge in [-0.1, -0.05) is 6.07 Å². The molecule has 0 spiro atoms. The monoisotopic (exact) mass is 258 g/mol. The molecule has 0 aliphatic heterocycles. The lowest BCUT2D eigenvalue weighted by atomic mass is 10.2. The van der Waals surface area contributed by atoms with Gasteiger partial charge in [-0.05, 0) is 32.0 Å². The fourth-order valence-electron chi connectivity index (χ4n) is 1.83. The lowest BCUT2D eigenvalue weighted by Gasteiger charge is -2.07. The highest BCUT2D eigenvalue weighted by molar-refractivity contribution is 5.91. The number of amides is 1. The summed E-state index contributed by atoms with van der Waals surface area (Å²) in [6.07, 6.45) is 2.17. The fourth-order valence-corrected chi connectivity index (χ4v) is 1.83. The number of hydrogen-bond donors (Lipinski definition) is 2. The van der Waals surface area contributed by atoms with Crippen LogP contribution in [0.1, 0.15) is 17.8 Å². The summed E-state index contributed by atoms with van der Waals surface area (Å²) in [5.41, 5.74) is 9.11. The van der Waals surface area contributed by atoms with Crippen LogP contribution < -0.4 is 11.1 Å². The number of carbonyl (C=O) groups is 1. The summed E-state index contributed by atoms with van der Waals surface area (Å²) in [5.74, 6) is -0.0312. The Morgan fingerprint density at radius 3 is 2.84 bits per heavy atom. The third kappa shape index (κ3) is 3.34. The Labute approximate surface area is 112 Å². The van der Waals surface area contributed by atoms with E-state index >= 15 is 0 Å². The first-order chi connectivity index (χ1) is 9.06. The maximum atomic E-state index is 11.8. The van der Waals surface area contributed by atoms with Crippen LogP contribution in [-0.2, 0) is 11.3 Å². The highest BCUT2D eigenvalue weighted by Crippen LogP contribution is 2.12. The molecule has 0 fully saturated rings. The molecule has 1 amide bonds. The molecule has 0 aliphatic rings. The Morgan fingerprint density at radius 2 is 2.21 bits per heavy atom. The number of benzene rings is 1. The van der Waals surface area contributed by atoms with E-state index < -0.39 is 0 Å². The zero-order valence-corrected chi connectivity index (χ0v) is 11.2. The second-order valence-electron chi connectivity index (χ2n) is 4.53. The number of nitrogen functional groups attached to an aromatic ring is 1. The van der Waals surface area contributed by atoms with Gasteiger partial charge in [-0.15, -0.1) is 0 Å². The summed E-state index contributed by atoms with van der Waals surface area (Å²) >= 11 is 0. The zero-order chi connectivity index (χ0) is 13.8. The molecule has 0 bridgehead atoms. The summed E-state index contributed by atoms with van der Waals surface area (Å²) in [6.45, 7) is 4.58.